The molecule has 1 N–H and O–H groups in total. The van der Waals surface area contributed by atoms with Gasteiger partial charge in [-0.3, -0.25) is 15.2 Å². The standard InChI is InChI=1S/C13H13N3O5/c1-3-21-12-5-4-8(16(18)19)6-9(12)10-7-11(15-14-10)13(17)20-2/h4-7H,3H2,1-2H3,(H,14,15). The highest BCUT2D eigenvalue weighted by atomic mass is 16.6. The molecule has 1 aromatic heterocycles. The number of non-ortho nitro benzene ring substituents is 1. The summed E-state index contributed by atoms with van der Waals surface area (Å²) in [5.74, 6) is -0.122. The molecule has 0 fully saturated rings. The van der Waals surface area contributed by atoms with Gasteiger partial charge >= 0.3 is 5.97 Å². The molecule has 8 nitrogen and oxygen atoms in total. The fourth-order valence-electron chi connectivity index (χ4n) is 1.79. The zero-order valence-corrected chi connectivity index (χ0v) is 11.5. The van der Waals surface area contributed by atoms with Crippen molar-refractivity contribution in [3.63, 3.8) is 0 Å². The second-order valence-corrected chi connectivity index (χ2v) is 4.03. The average molecular weight is 291 g/mol. The van der Waals surface area contributed by atoms with E-state index in [0.717, 1.165) is 0 Å². The maximum Gasteiger partial charge on any atom is 0.356 e. The number of benzene rings is 1. The number of nitrogens with zero attached hydrogens (tertiary/aromatic N) is 2. The molecule has 2 rings (SSSR count). The van der Waals surface area contributed by atoms with Crippen LogP contribution >= 0.6 is 0 Å². The lowest BCUT2D eigenvalue weighted by Crippen LogP contribution is -2.00. The molecule has 0 amide bonds. The Bertz CT molecular complexity index is 680. The summed E-state index contributed by atoms with van der Waals surface area (Å²) < 4.78 is 10.0. The monoisotopic (exact) mass is 291 g/mol. The largest absolute Gasteiger partial charge is 0.493 e. The Morgan fingerprint density at radius 1 is 1.43 bits per heavy atom. The number of ether oxygens (including phenoxy) is 2. The zero-order chi connectivity index (χ0) is 15.4. The maximum atomic E-state index is 11.4. The normalized spacial score (nSPS) is 10.2. The first kappa shape index (κ1) is 14.5. The number of nitro groups is 1. The number of nitrogens with one attached hydrogen (secondary N) is 1. The zero-order valence-electron chi connectivity index (χ0n) is 11.5. The molecule has 1 heterocycles. The summed E-state index contributed by atoms with van der Waals surface area (Å²) in [6, 6.07) is 5.65. The third kappa shape index (κ3) is 2.99. The van der Waals surface area contributed by atoms with Crippen LogP contribution in [-0.2, 0) is 4.74 Å². The minimum atomic E-state index is -0.572. The quantitative estimate of drug-likeness (QED) is 0.514. The fraction of sp³-hybridized carbons (Fsp3) is 0.231. The first-order chi connectivity index (χ1) is 10.1. The van der Waals surface area contributed by atoms with Crippen LogP contribution in [-0.4, -0.2) is 34.8 Å². The first-order valence-electron chi connectivity index (χ1n) is 6.12. The van der Waals surface area contributed by atoms with Gasteiger partial charge in [0, 0.05) is 12.1 Å². The van der Waals surface area contributed by atoms with Gasteiger partial charge in [-0.25, -0.2) is 4.79 Å². The predicted octanol–water partition coefficient (Wildman–Crippen LogP) is 2.17. The molecule has 21 heavy (non-hydrogen) atoms. The number of carbonyl (C=O) groups is 1. The van der Waals surface area contributed by atoms with Gasteiger partial charge in [0.15, 0.2) is 0 Å². The van der Waals surface area contributed by atoms with Gasteiger partial charge in [-0.1, -0.05) is 0 Å². The smallest absolute Gasteiger partial charge is 0.356 e. The Morgan fingerprint density at radius 3 is 2.81 bits per heavy atom. The minimum absolute atomic E-state index is 0.0870. The topological polar surface area (TPSA) is 107 Å². The van der Waals surface area contributed by atoms with Crippen LogP contribution in [0.5, 0.6) is 5.75 Å². The summed E-state index contributed by atoms with van der Waals surface area (Å²) in [4.78, 5) is 21.8. The Balaban J connectivity index is 2.49. The van der Waals surface area contributed by atoms with E-state index in [9.17, 15) is 14.9 Å². The molecule has 0 atom stereocenters. The van der Waals surface area contributed by atoms with Gasteiger partial charge in [-0.15, -0.1) is 0 Å². The lowest BCUT2D eigenvalue weighted by Gasteiger charge is -2.07. The summed E-state index contributed by atoms with van der Waals surface area (Å²) in [7, 11) is 1.25. The van der Waals surface area contributed by atoms with E-state index >= 15 is 0 Å². The van der Waals surface area contributed by atoms with Crippen LogP contribution < -0.4 is 4.74 Å². The number of H-pyrrole nitrogens is 1. The van der Waals surface area contributed by atoms with Crippen molar-refractivity contribution in [3.8, 4) is 17.0 Å². The second-order valence-electron chi connectivity index (χ2n) is 4.03. The Hall–Kier alpha value is -2.90. The van der Waals surface area contributed by atoms with Gasteiger partial charge in [-0.2, -0.15) is 5.10 Å². The molecule has 0 saturated carbocycles. The van der Waals surface area contributed by atoms with Crippen LogP contribution in [0.15, 0.2) is 24.3 Å². The van der Waals surface area contributed by atoms with Crippen molar-refractivity contribution in [2.45, 2.75) is 6.92 Å². The SMILES string of the molecule is CCOc1ccc([N+](=O)[O-])cc1-c1cc(C(=O)OC)[nH]n1. The van der Waals surface area contributed by atoms with Crippen LogP contribution in [0.4, 0.5) is 5.69 Å². The Morgan fingerprint density at radius 2 is 2.19 bits per heavy atom. The first-order valence-corrected chi connectivity index (χ1v) is 6.12. The molecular formula is C13H13N3O5. The van der Waals surface area contributed by atoms with E-state index in [-0.39, 0.29) is 11.4 Å². The van der Waals surface area contributed by atoms with Crippen molar-refractivity contribution in [1.29, 1.82) is 0 Å². The van der Waals surface area contributed by atoms with E-state index in [4.69, 9.17) is 4.74 Å². The van der Waals surface area contributed by atoms with E-state index in [1.54, 1.807) is 6.92 Å². The number of aromatic amines is 1. The summed E-state index contributed by atoms with van der Waals surface area (Å²) in [5, 5.41) is 17.4. The Labute approximate surface area is 119 Å². The van der Waals surface area contributed by atoms with Crippen LogP contribution in [0.1, 0.15) is 17.4 Å². The van der Waals surface area contributed by atoms with Crippen molar-refractivity contribution in [1.82, 2.24) is 10.2 Å². The number of aromatic nitrogens is 2. The van der Waals surface area contributed by atoms with Crippen molar-refractivity contribution in [2.24, 2.45) is 0 Å². The number of nitro benzene ring substituents is 1. The number of rotatable bonds is 5. The van der Waals surface area contributed by atoms with E-state index < -0.39 is 10.9 Å². The molecule has 1 aromatic carbocycles. The summed E-state index contributed by atoms with van der Waals surface area (Å²) in [6.07, 6.45) is 0. The molecular weight excluding hydrogens is 278 g/mol. The molecule has 110 valence electrons. The minimum Gasteiger partial charge on any atom is -0.493 e. The van der Waals surface area contributed by atoms with Crippen LogP contribution in [0, 0.1) is 10.1 Å². The number of methoxy groups -OCH3 is 1. The van der Waals surface area contributed by atoms with E-state index in [1.807, 2.05) is 0 Å². The van der Waals surface area contributed by atoms with Gasteiger partial charge in [0.25, 0.3) is 5.69 Å². The number of esters is 1. The van der Waals surface area contributed by atoms with Crippen LogP contribution in [0.2, 0.25) is 0 Å². The molecule has 0 spiro atoms. The van der Waals surface area contributed by atoms with Crippen molar-refractivity contribution in [2.75, 3.05) is 13.7 Å². The summed E-state index contributed by atoms with van der Waals surface area (Å²) >= 11 is 0. The van der Waals surface area contributed by atoms with Crippen molar-refractivity contribution in [3.05, 3.63) is 40.1 Å². The van der Waals surface area contributed by atoms with Crippen molar-refractivity contribution >= 4 is 11.7 Å². The Kier molecular flexibility index (Phi) is 4.17. The molecule has 0 bridgehead atoms. The molecule has 0 saturated heterocycles. The highest BCUT2D eigenvalue weighted by molar-refractivity contribution is 5.89. The van der Waals surface area contributed by atoms with E-state index in [0.29, 0.717) is 23.6 Å². The highest BCUT2D eigenvalue weighted by Crippen LogP contribution is 2.32. The highest BCUT2D eigenvalue weighted by Gasteiger charge is 2.17. The molecule has 2 aromatic rings. The number of hydrogen-bond acceptors (Lipinski definition) is 6. The fourth-order valence-corrected chi connectivity index (χ4v) is 1.79. The van der Waals surface area contributed by atoms with Gasteiger partial charge < -0.3 is 9.47 Å². The second kappa shape index (κ2) is 6.04. The lowest BCUT2D eigenvalue weighted by molar-refractivity contribution is -0.384. The van der Waals surface area contributed by atoms with E-state index in [2.05, 4.69) is 14.9 Å². The third-order valence-electron chi connectivity index (χ3n) is 2.73. The number of hydrogen-bond donors (Lipinski definition) is 1. The summed E-state index contributed by atoms with van der Waals surface area (Å²) in [5.41, 5.74) is 0.859. The molecule has 0 radical (unpaired) electrons. The molecule has 0 aliphatic heterocycles. The molecule has 0 unspecified atom stereocenters. The van der Waals surface area contributed by atoms with Gasteiger partial charge in [0.05, 0.1) is 29.9 Å². The third-order valence-corrected chi connectivity index (χ3v) is 2.73. The van der Waals surface area contributed by atoms with Gasteiger partial charge in [-0.05, 0) is 19.1 Å². The lowest BCUT2D eigenvalue weighted by atomic mass is 10.1. The molecule has 0 aliphatic rings. The van der Waals surface area contributed by atoms with Crippen LogP contribution in [0.25, 0.3) is 11.3 Å². The van der Waals surface area contributed by atoms with Gasteiger partial charge in [0.2, 0.25) is 0 Å². The summed E-state index contributed by atoms with van der Waals surface area (Å²) in [6.45, 7) is 2.20. The van der Waals surface area contributed by atoms with Gasteiger partial charge in [0.1, 0.15) is 11.4 Å². The molecule has 8 heteroatoms. The predicted molar refractivity (Wildman–Crippen MR) is 73.2 cm³/mol. The van der Waals surface area contributed by atoms with Crippen LogP contribution in [0.3, 0.4) is 0 Å². The van der Waals surface area contributed by atoms with Crippen molar-refractivity contribution < 1.29 is 19.2 Å². The van der Waals surface area contributed by atoms with E-state index in [1.165, 1.54) is 31.4 Å². The number of carbonyl (C=O) groups excluding carboxylic acids is 1. The maximum absolute atomic E-state index is 11.4. The average Bonchev–Trinajstić information content (AvgIpc) is 2.96. The molecule has 0 aliphatic carbocycles.